The Balaban J connectivity index is 2.08. The van der Waals surface area contributed by atoms with Gasteiger partial charge in [-0.3, -0.25) is 4.79 Å². The number of benzene rings is 2. The van der Waals surface area contributed by atoms with Gasteiger partial charge in [-0.25, -0.2) is 8.42 Å². The summed E-state index contributed by atoms with van der Waals surface area (Å²) in [7, 11) is -1.93. The lowest BCUT2D eigenvalue weighted by atomic mass is 10.0. The highest BCUT2D eigenvalue weighted by molar-refractivity contribution is 9.10. The largest absolute Gasteiger partial charge is 0.496 e. The molecule has 118 valence electrons. The van der Waals surface area contributed by atoms with Crippen LogP contribution >= 0.6 is 15.9 Å². The number of hydrogen-bond acceptors (Lipinski definition) is 4. The van der Waals surface area contributed by atoms with Gasteiger partial charge in [0, 0.05) is 11.1 Å². The summed E-state index contributed by atoms with van der Waals surface area (Å²) in [5, 5.41) is 0. The quantitative estimate of drug-likeness (QED) is 0.733. The van der Waals surface area contributed by atoms with Gasteiger partial charge in [0.05, 0.1) is 22.2 Å². The molecule has 3 rings (SSSR count). The highest BCUT2D eigenvalue weighted by Gasteiger charge is 2.32. The van der Waals surface area contributed by atoms with E-state index >= 15 is 0 Å². The van der Waals surface area contributed by atoms with Crippen LogP contribution in [0.1, 0.15) is 15.9 Å². The van der Waals surface area contributed by atoms with Crippen molar-refractivity contribution in [3.05, 3.63) is 63.6 Å². The molecule has 0 radical (unpaired) electrons. The molecule has 6 heteroatoms. The van der Waals surface area contributed by atoms with E-state index in [9.17, 15) is 13.2 Å². The Bertz CT molecular complexity index is 929. The molecule has 0 unspecified atom stereocenters. The summed E-state index contributed by atoms with van der Waals surface area (Å²) in [6.07, 6.45) is 1.61. The summed E-state index contributed by atoms with van der Waals surface area (Å²) in [4.78, 5) is 12.7. The standard InChI is InChI=1S/C17H13BrO4S/c1-22-15-7-6-11(9-14(15)18)8-12-10-23(20,21)16-5-3-2-4-13(16)17(12)19/h2-9H,10H2,1H3. The second-order valence-corrected chi connectivity index (χ2v) is 7.96. The lowest BCUT2D eigenvalue weighted by molar-refractivity contribution is 0.103. The molecule has 2 aromatic carbocycles. The second-order valence-electron chi connectivity index (χ2n) is 5.15. The fourth-order valence-electron chi connectivity index (χ4n) is 2.53. The zero-order valence-electron chi connectivity index (χ0n) is 12.2. The molecule has 0 saturated heterocycles. The third-order valence-corrected chi connectivity index (χ3v) is 5.96. The molecule has 0 N–H and O–H groups in total. The van der Waals surface area contributed by atoms with Gasteiger partial charge in [0.15, 0.2) is 15.6 Å². The van der Waals surface area contributed by atoms with Crippen LogP contribution in [0.25, 0.3) is 6.08 Å². The van der Waals surface area contributed by atoms with Crippen LogP contribution in [-0.4, -0.2) is 27.1 Å². The van der Waals surface area contributed by atoms with E-state index in [4.69, 9.17) is 4.74 Å². The zero-order chi connectivity index (χ0) is 16.6. The monoisotopic (exact) mass is 392 g/mol. The van der Waals surface area contributed by atoms with Gasteiger partial charge < -0.3 is 4.74 Å². The summed E-state index contributed by atoms with van der Waals surface area (Å²) in [5.41, 5.74) is 1.23. The molecule has 0 fully saturated rings. The van der Waals surface area contributed by atoms with Crippen molar-refractivity contribution < 1.29 is 17.9 Å². The molecule has 0 atom stereocenters. The topological polar surface area (TPSA) is 60.4 Å². The van der Waals surface area contributed by atoms with Gasteiger partial charge in [-0.15, -0.1) is 0 Å². The Kier molecular flexibility index (Phi) is 4.12. The van der Waals surface area contributed by atoms with Crippen LogP contribution in [0.5, 0.6) is 5.75 Å². The fourth-order valence-corrected chi connectivity index (χ4v) is 4.65. The molecular formula is C17H13BrO4S. The van der Waals surface area contributed by atoms with Crippen molar-refractivity contribution in [1.29, 1.82) is 0 Å². The van der Waals surface area contributed by atoms with Crippen LogP contribution in [-0.2, 0) is 9.84 Å². The van der Waals surface area contributed by atoms with E-state index in [-0.39, 0.29) is 27.6 Å². The van der Waals surface area contributed by atoms with Gasteiger partial charge in [0.2, 0.25) is 0 Å². The van der Waals surface area contributed by atoms with Gasteiger partial charge in [-0.1, -0.05) is 18.2 Å². The Labute approximate surface area is 142 Å². The first-order valence-corrected chi connectivity index (χ1v) is 9.27. The van der Waals surface area contributed by atoms with Gasteiger partial charge in [-0.2, -0.15) is 0 Å². The molecule has 0 aliphatic carbocycles. The van der Waals surface area contributed by atoms with Crippen molar-refractivity contribution in [1.82, 2.24) is 0 Å². The number of Topliss-reactive ketones (excluding diaryl/α,β-unsaturated/α-hetero) is 1. The van der Waals surface area contributed by atoms with E-state index < -0.39 is 9.84 Å². The van der Waals surface area contributed by atoms with Crippen LogP contribution in [0.4, 0.5) is 0 Å². The molecule has 0 aromatic heterocycles. The third kappa shape index (κ3) is 2.96. The summed E-state index contributed by atoms with van der Waals surface area (Å²) in [6, 6.07) is 11.6. The summed E-state index contributed by atoms with van der Waals surface area (Å²) in [6.45, 7) is 0. The van der Waals surface area contributed by atoms with Crippen molar-refractivity contribution in [3.63, 3.8) is 0 Å². The average molecular weight is 393 g/mol. The van der Waals surface area contributed by atoms with Gasteiger partial charge >= 0.3 is 0 Å². The predicted octanol–water partition coefficient (Wildman–Crippen LogP) is 3.51. The van der Waals surface area contributed by atoms with E-state index in [1.165, 1.54) is 6.07 Å². The maximum Gasteiger partial charge on any atom is 0.191 e. The lowest BCUT2D eigenvalue weighted by Gasteiger charge is -2.17. The molecule has 0 spiro atoms. The highest BCUT2D eigenvalue weighted by atomic mass is 79.9. The molecule has 4 nitrogen and oxygen atoms in total. The number of fused-ring (bicyclic) bond motifs is 1. The number of ether oxygens (including phenoxy) is 1. The van der Waals surface area contributed by atoms with Crippen molar-refractivity contribution in [3.8, 4) is 5.75 Å². The average Bonchev–Trinajstić information content (AvgIpc) is 2.52. The number of carbonyl (C=O) groups is 1. The fraction of sp³-hybridized carbons (Fsp3) is 0.118. The second kappa shape index (κ2) is 5.94. The van der Waals surface area contributed by atoms with Gasteiger partial charge in [-0.05, 0) is 51.8 Å². The minimum Gasteiger partial charge on any atom is -0.496 e. The molecule has 1 aliphatic heterocycles. The van der Waals surface area contributed by atoms with E-state index in [1.807, 2.05) is 0 Å². The van der Waals surface area contributed by atoms with Crippen molar-refractivity contribution in [2.24, 2.45) is 0 Å². The number of carbonyl (C=O) groups excluding carboxylic acids is 1. The highest BCUT2D eigenvalue weighted by Crippen LogP contribution is 2.30. The Morgan fingerprint density at radius 2 is 1.91 bits per heavy atom. The molecule has 23 heavy (non-hydrogen) atoms. The Morgan fingerprint density at radius 3 is 2.61 bits per heavy atom. The number of rotatable bonds is 2. The summed E-state index contributed by atoms with van der Waals surface area (Å²) >= 11 is 3.38. The van der Waals surface area contributed by atoms with E-state index in [2.05, 4.69) is 15.9 Å². The van der Waals surface area contributed by atoms with Crippen LogP contribution in [0.15, 0.2) is 57.4 Å². The molecule has 0 saturated carbocycles. The van der Waals surface area contributed by atoms with E-state index in [0.717, 1.165) is 10.0 Å². The lowest BCUT2D eigenvalue weighted by Crippen LogP contribution is -2.24. The maximum absolute atomic E-state index is 12.5. The smallest absolute Gasteiger partial charge is 0.191 e. The Morgan fingerprint density at radius 1 is 1.17 bits per heavy atom. The minimum atomic E-state index is -3.49. The number of methoxy groups -OCH3 is 1. The van der Waals surface area contributed by atoms with Crippen LogP contribution in [0, 0.1) is 0 Å². The molecule has 1 aliphatic rings. The SMILES string of the molecule is COc1ccc(C=C2CS(=O)(=O)c3ccccc3C2=O)cc1Br. The third-order valence-electron chi connectivity index (χ3n) is 3.62. The molecule has 0 amide bonds. The summed E-state index contributed by atoms with van der Waals surface area (Å²) in [5.74, 6) is 0.134. The molecule has 1 heterocycles. The van der Waals surface area contributed by atoms with Crippen molar-refractivity contribution in [2.45, 2.75) is 4.90 Å². The van der Waals surface area contributed by atoms with E-state index in [0.29, 0.717) is 5.75 Å². The van der Waals surface area contributed by atoms with Crippen molar-refractivity contribution >= 4 is 37.6 Å². The first-order chi connectivity index (χ1) is 10.9. The van der Waals surface area contributed by atoms with Gasteiger partial charge in [0.1, 0.15) is 5.75 Å². The van der Waals surface area contributed by atoms with Crippen LogP contribution in [0.2, 0.25) is 0 Å². The Hall–Kier alpha value is -1.92. The first-order valence-electron chi connectivity index (χ1n) is 6.83. The van der Waals surface area contributed by atoms with Crippen LogP contribution < -0.4 is 4.74 Å². The van der Waals surface area contributed by atoms with Crippen LogP contribution in [0.3, 0.4) is 0 Å². The van der Waals surface area contributed by atoms with E-state index in [1.54, 1.807) is 49.6 Å². The van der Waals surface area contributed by atoms with Gasteiger partial charge in [0.25, 0.3) is 0 Å². The zero-order valence-corrected chi connectivity index (χ0v) is 14.6. The minimum absolute atomic E-state index is 0.109. The predicted molar refractivity (Wildman–Crippen MR) is 91.5 cm³/mol. The number of hydrogen-bond donors (Lipinski definition) is 0. The number of ketones is 1. The molecular weight excluding hydrogens is 380 g/mol. The summed E-state index contributed by atoms with van der Waals surface area (Å²) < 4.78 is 30.6. The number of sulfone groups is 1. The first kappa shape index (κ1) is 16.0. The van der Waals surface area contributed by atoms with Crippen molar-refractivity contribution in [2.75, 3.05) is 12.9 Å². The normalized spacial score (nSPS) is 17.8. The molecule has 0 bridgehead atoms. The maximum atomic E-state index is 12.5. The molecule has 2 aromatic rings. The number of halogens is 1.